The first-order valence-corrected chi connectivity index (χ1v) is 12.4. The van der Waals surface area contributed by atoms with Crippen molar-refractivity contribution in [3.05, 3.63) is 65.0 Å². The fourth-order valence-electron chi connectivity index (χ4n) is 4.58. The lowest BCUT2D eigenvalue weighted by Crippen LogP contribution is -2.17. The molecule has 0 atom stereocenters. The topological polar surface area (TPSA) is 113 Å². The van der Waals surface area contributed by atoms with E-state index in [4.69, 9.17) is 14.8 Å². The molecule has 1 aliphatic heterocycles. The summed E-state index contributed by atoms with van der Waals surface area (Å²) < 4.78 is 5.87. The molecule has 7 heteroatoms. The van der Waals surface area contributed by atoms with Gasteiger partial charge in [-0.2, -0.15) is 0 Å². The number of aromatic nitrogens is 2. The van der Waals surface area contributed by atoms with Crippen LogP contribution >= 0.6 is 0 Å². The van der Waals surface area contributed by atoms with Gasteiger partial charge in [0, 0.05) is 29.0 Å². The van der Waals surface area contributed by atoms with E-state index in [1.165, 1.54) is 5.56 Å². The number of hydrogen-bond acceptors (Lipinski definition) is 6. The van der Waals surface area contributed by atoms with Gasteiger partial charge in [-0.1, -0.05) is 6.07 Å². The number of aryl methyl sites for hydroxylation is 1. The molecule has 3 heterocycles. The van der Waals surface area contributed by atoms with Crippen LogP contribution in [0, 0.1) is 6.92 Å². The van der Waals surface area contributed by atoms with Gasteiger partial charge < -0.3 is 20.1 Å². The molecular formula is C30H34N2O5. The van der Waals surface area contributed by atoms with Crippen molar-refractivity contribution >= 4 is 27.8 Å². The molecule has 4 aromatic rings. The summed E-state index contributed by atoms with van der Waals surface area (Å²) in [5.74, 6) is -0.0916. The number of pyridine rings is 2. The van der Waals surface area contributed by atoms with Crippen molar-refractivity contribution in [2.75, 3.05) is 6.61 Å². The van der Waals surface area contributed by atoms with Gasteiger partial charge in [0.2, 0.25) is 0 Å². The first kappa shape index (κ1) is 26.5. The van der Waals surface area contributed by atoms with Crippen molar-refractivity contribution in [3.63, 3.8) is 0 Å². The average molecular weight is 503 g/mol. The molecule has 0 aliphatic carbocycles. The maximum atomic E-state index is 11.8. The van der Waals surface area contributed by atoms with Crippen molar-refractivity contribution in [2.24, 2.45) is 0 Å². The van der Waals surface area contributed by atoms with E-state index in [0.29, 0.717) is 17.8 Å². The smallest absolute Gasteiger partial charge is 0.307 e. The molecule has 0 saturated heterocycles. The minimum Gasteiger partial charge on any atom is -0.493 e. The number of rotatable bonds is 4. The number of carboxylic acids is 1. The Bertz CT molecular complexity index is 1480. The van der Waals surface area contributed by atoms with Crippen molar-refractivity contribution in [3.8, 4) is 16.9 Å². The average Bonchev–Trinajstić information content (AvgIpc) is 2.78. The van der Waals surface area contributed by atoms with Gasteiger partial charge in [-0.25, -0.2) is 4.98 Å². The predicted octanol–water partition coefficient (Wildman–Crippen LogP) is 5.33. The zero-order valence-electron chi connectivity index (χ0n) is 22.2. The van der Waals surface area contributed by atoms with Crippen LogP contribution in [0.1, 0.15) is 57.0 Å². The highest BCUT2D eigenvalue weighted by atomic mass is 16.5. The SMILES string of the molecule is CC(C)(C)O.Cc1cc2nc(C(C)(C)O)ccc2c(-c2ccc3c4c(ccnc24)CCO3)c1CC(=O)O. The van der Waals surface area contributed by atoms with Crippen LogP contribution in [0.2, 0.25) is 0 Å². The highest BCUT2D eigenvalue weighted by Gasteiger charge is 2.24. The Morgan fingerprint density at radius 1 is 1.05 bits per heavy atom. The van der Waals surface area contributed by atoms with E-state index in [1.54, 1.807) is 46.9 Å². The second kappa shape index (κ2) is 9.72. The minimum atomic E-state index is -1.08. The molecule has 0 amide bonds. The monoisotopic (exact) mass is 502 g/mol. The summed E-state index contributed by atoms with van der Waals surface area (Å²) in [6, 6.07) is 11.5. The van der Waals surface area contributed by atoms with Crippen molar-refractivity contribution < 1.29 is 24.9 Å². The van der Waals surface area contributed by atoms with E-state index in [9.17, 15) is 15.0 Å². The van der Waals surface area contributed by atoms with Crippen LogP contribution in [0.5, 0.6) is 5.75 Å². The Morgan fingerprint density at radius 2 is 1.76 bits per heavy atom. The van der Waals surface area contributed by atoms with Crippen LogP contribution in [0.25, 0.3) is 32.9 Å². The summed E-state index contributed by atoms with van der Waals surface area (Å²) in [7, 11) is 0. The Kier molecular flexibility index (Phi) is 6.97. The third kappa shape index (κ3) is 5.73. The Morgan fingerprint density at radius 3 is 2.41 bits per heavy atom. The maximum absolute atomic E-state index is 11.8. The molecule has 1 aliphatic rings. The highest BCUT2D eigenvalue weighted by Crippen LogP contribution is 2.42. The molecule has 0 unspecified atom stereocenters. The van der Waals surface area contributed by atoms with E-state index >= 15 is 0 Å². The second-order valence-corrected chi connectivity index (χ2v) is 11.0. The molecule has 5 rings (SSSR count). The van der Waals surface area contributed by atoms with Crippen molar-refractivity contribution in [2.45, 2.75) is 65.6 Å². The minimum absolute atomic E-state index is 0.107. The van der Waals surface area contributed by atoms with Gasteiger partial charge >= 0.3 is 5.97 Å². The number of nitrogens with zero attached hydrogens (tertiary/aromatic N) is 2. The number of carbonyl (C=O) groups is 1. The molecule has 194 valence electrons. The lowest BCUT2D eigenvalue weighted by Gasteiger charge is -2.22. The van der Waals surface area contributed by atoms with Crippen LogP contribution in [-0.4, -0.2) is 43.5 Å². The lowest BCUT2D eigenvalue weighted by molar-refractivity contribution is -0.136. The van der Waals surface area contributed by atoms with Crippen molar-refractivity contribution in [1.82, 2.24) is 9.97 Å². The molecule has 2 aromatic heterocycles. The van der Waals surface area contributed by atoms with Gasteiger partial charge in [0.15, 0.2) is 0 Å². The summed E-state index contributed by atoms with van der Waals surface area (Å²) in [6.07, 6.45) is 2.50. The van der Waals surface area contributed by atoms with Crippen LogP contribution in [-0.2, 0) is 23.2 Å². The molecular weight excluding hydrogens is 468 g/mol. The second-order valence-electron chi connectivity index (χ2n) is 11.0. The zero-order chi connectivity index (χ0) is 27.1. The van der Waals surface area contributed by atoms with Crippen molar-refractivity contribution in [1.29, 1.82) is 0 Å². The summed E-state index contributed by atoms with van der Waals surface area (Å²) in [4.78, 5) is 21.2. The first-order valence-electron chi connectivity index (χ1n) is 12.4. The molecule has 0 saturated carbocycles. The molecule has 7 nitrogen and oxygen atoms in total. The molecule has 0 fully saturated rings. The quantitative estimate of drug-likeness (QED) is 0.346. The summed E-state index contributed by atoms with van der Waals surface area (Å²) in [5, 5.41) is 30.4. The number of ether oxygens (including phenoxy) is 1. The first-order chi connectivity index (χ1) is 17.2. The van der Waals surface area contributed by atoms with Crippen LogP contribution in [0.4, 0.5) is 0 Å². The van der Waals surface area contributed by atoms with Gasteiger partial charge in [-0.15, -0.1) is 0 Å². The van der Waals surface area contributed by atoms with Gasteiger partial charge in [0.05, 0.1) is 35.4 Å². The number of carboxylic acid groups (broad SMARTS) is 1. The summed E-state index contributed by atoms with van der Waals surface area (Å²) >= 11 is 0. The standard InChI is InChI=1S/C26H24N2O4.C4H10O/c1-14-12-19-16(5-7-21(28-19)26(2,3)31)24(18(14)13-22(29)30)17-4-6-20-23-15(9-11-32-20)8-10-27-25(17)23;1-4(2,3)5/h4-8,10,12,31H,9,11,13H2,1-3H3,(H,29,30);5H,1-3H3. The number of benzene rings is 2. The van der Waals surface area contributed by atoms with Crippen LogP contribution in [0.15, 0.2) is 42.6 Å². The largest absolute Gasteiger partial charge is 0.493 e. The molecule has 0 radical (unpaired) electrons. The van der Waals surface area contributed by atoms with E-state index in [0.717, 1.165) is 50.7 Å². The Balaban J connectivity index is 0.000000586. The van der Waals surface area contributed by atoms with Gasteiger partial charge in [0.25, 0.3) is 0 Å². The molecule has 0 bridgehead atoms. The van der Waals surface area contributed by atoms with Gasteiger partial charge in [0.1, 0.15) is 11.4 Å². The van der Waals surface area contributed by atoms with Gasteiger partial charge in [-0.05, 0) is 94.1 Å². The van der Waals surface area contributed by atoms with E-state index < -0.39 is 17.2 Å². The fraction of sp³-hybridized carbons (Fsp3) is 0.367. The van der Waals surface area contributed by atoms with E-state index in [2.05, 4.69) is 4.98 Å². The van der Waals surface area contributed by atoms with Gasteiger partial charge in [-0.3, -0.25) is 9.78 Å². The molecule has 37 heavy (non-hydrogen) atoms. The highest BCUT2D eigenvalue weighted by molar-refractivity contribution is 6.07. The lowest BCUT2D eigenvalue weighted by atomic mass is 9.87. The molecule has 2 aromatic carbocycles. The third-order valence-corrected chi connectivity index (χ3v) is 6.12. The number of fused-ring (bicyclic) bond motifs is 1. The molecule has 0 spiro atoms. The summed E-state index contributed by atoms with van der Waals surface area (Å²) in [5.41, 5.74) is 4.92. The number of aliphatic carboxylic acids is 1. The van der Waals surface area contributed by atoms with Crippen LogP contribution < -0.4 is 4.74 Å². The number of aliphatic hydroxyl groups is 2. The number of hydrogen-bond donors (Lipinski definition) is 3. The maximum Gasteiger partial charge on any atom is 0.307 e. The summed E-state index contributed by atoms with van der Waals surface area (Å²) in [6.45, 7) is 11.2. The Labute approximate surface area is 216 Å². The predicted molar refractivity (Wildman–Crippen MR) is 145 cm³/mol. The van der Waals surface area contributed by atoms with E-state index in [1.807, 2.05) is 37.3 Å². The van der Waals surface area contributed by atoms with Crippen LogP contribution in [0.3, 0.4) is 0 Å². The molecule has 3 N–H and O–H groups in total. The fourth-order valence-corrected chi connectivity index (χ4v) is 4.58. The Hall–Kier alpha value is -3.55. The third-order valence-electron chi connectivity index (χ3n) is 6.12. The normalized spacial score (nSPS) is 13.2. The zero-order valence-corrected chi connectivity index (χ0v) is 22.2. The van der Waals surface area contributed by atoms with E-state index in [-0.39, 0.29) is 6.42 Å².